The van der Waals surface area contributed by atoms with E-state index in [0.29, 0.717) is 6.04 Å². The normalized spacial score (nSPS) is 30.3. The fourth-order valence-electron chi connectivity index (χ4n) is 4.41. The Morgan fingerprint density at radius 3 is 2.43 bits per heavy atom. The number of fused-ring (bicyclic) bond motifs is 2. The van der Waals surface area contributed by atoms with Gasteiger partial charge >= 0.3 is 0 Å². The minimum atomic E-state index is -0.347. The predicted molar refractivity (Wildman–Crippen MR) is 83.0 cm³/mol. The Balaban J connectivity index is 1.60. The van der Waals surface area contributed by atoms with Gasteiger partial charge in [-0.3, -0.25) is 10.1 Å². The second-order valence-electron chi connectivity index (χ2n) is 6.86. The molecule has 2 fully saturated rings. The van der Waals surface area contributed by atoms with E-state index in [-0.39, 0.29) is 16.7 Å². The van der Waals surface area contributed by atoms with Crippen molar-refractivity contribution in [1.29, 1.82) is 0 Å². The van der Waals surface area contributed by atoms with Crippen molar-refractivity contribution in [2.45, 2.75) is 51.6 Å². The van der Waals surface area contributed by atoms with E-state index in [4.69, 9.17) is 0 Å². The van der Waals surface area contributed by atoms with Crippen LogP contribution >= 0.6 is 0 Å². The van der Waals surface area contributed by atoms with Gasteiger partial charge in [-0.15, -0.1) is 0 Å². The van der Waals surface area contributed by atoms with Crippen LogP contribution in [-0.4, -0.2) is 11.0 Å². The molecule has 2 bridgehead atoms. The molecule has 0 spiro atoms. The maximum Gasteiger partial charge on any atom is 0.269 e. The van der Waals surface area contributed by atoms with Crippen molar-refractivity contribution in [3.63, 3.8) is 0 Å². The van der Waals surface area contributed by atoms with Gasteiger partial charge in [0, 0.05) is 24.2 Å². The summed E-state index contributed by atoms with van der Waals surface area (Å²) in [5.41, 5.74) is 1.28. The van der Waals surface area contributed by atoms with Crippen LogP contribution in [0.1, 0.15) is 51.1 Å². The molecule has 1 aromatic rings. The number of hydrogen-bond donors (Lipinski definition) is 1. The SMILES string of the molecule is CC(NC(C)C1CC2CCC1C2)c1ccc([N+](=O)[O-])cc1. The van der Waals surface area contributed by atoms with E-state index >= 15 is 0 Å². The Hall–Kier alpha value is -1.42. The first-order chi connectivity index (χ1) is 10.0. The van der Waals surface area contributed by atoms with Crippen molar-refractivity contribution in [3.8, 4) is 0 Å². The maximum absolute atomic E-state index is 10.7. The van der Waals surface area contributed by atoms with Gasteiger partial charge in [0.05, 0.1) is 4.92 Å². The van der Waals surface area contributed by atoms with Gasteiger partial charge in [-0.1, -0.05) is 18.6 Å². The van der Waals surface area contributed by atoms with Gasteiger partial charge in [-0.2, -0.15) is 0 Å². The van der Waals surface area contributed by atoms with Crippen LogP contribution in [0.3, 0.4) is 0 Å². The van der Waals surface area contributed by atoms with Gasteiger partial charge in [0.15, 0.2) is 0 Å². The number of nitrogens with zero attached hydrogens (tertiary/aromatic N) is 1. The highest BCUT2D eigenvalue weighted by atomic mass is 16.6. The molecule has 4 nitrogen and oxygen atoms in total. The summed E-state index contributed by atoms with van der Waals surface area (Å²) in [5, 5.41) is 14.4. The Labute approximate surface area is 126 Å². The Bertz CT molecular complexity index is 514. The average molecular weight is 288 g/mol. The summed E-state index contributed by atoms with van der Waals surface area (Å²) in [5.74, 6) is 2.70. The lowest BCUT2D eigenvalue weighted by molar-refractivity contribution is -0.384. The third kappa shape index (κ3) is 2.95. The zero-order valence-electron chi connectivity index (χ0n) is 12.8. The molecule has 0 aromatic heterocycles. The van der Waals surface area contributed by atoms with E-state index in [0.717, 1.165) is 23.3 Å². The maximum atomic E-state index is 10.7. The molecular weight excluding hydrogens is 264 g/mol. The number of rotatable bonds is 5. The zero-order chi connectivity index (χ0) is 15.0. The highest BCUT2D eigenvalue weighted by Crippen LogP contribution is 2.49. The molecular formula is C17H24N2O2. The molecule has 114 valence electrons. The van der Waals surface area contributed by atoms with E-state index in [1.54, 1.807) is 12.1 Å². The van der Waals surface area contributed by atoms with Crippen LogP contribution in [-0.2, 0) is 0 Å². The van der Waals surface area contributed by atoms with Crippen LogP contribution in [0.2, 0.25) is 0 Å². The van der Waals surface area contributed by atoms with E-state index in [1.807, 2.05) is 12.1 Å². The fourth-order valence-corrected chi connectivity index (χ4v) is 4.41. The lowest BCUT2D eigenvalue weighted by Crippen LogP contribution is -2.37. The molecule has 0 amide bonds. The van der Waals surface area contributed by atoms with Crippen LogP contribution in [0.5, 0.6) is 0 Å². The number of nitro benzene ring substituents is 1. The van der Waals surface area contributed by atoms with Crippen molar-refractivity contribution < 1.29 is 4.92 Å². The van der Waals surface area contributed by atoms with E-state index in [2.05, 4.69) is 19.2 Å². The molecule has 0 aliphatic heterocycles. The van der Waals surface area contributed by atoms with Crippen molar-refractivity contribution >= 4 is 5.69 Å². The summed E-state index contributed by atoms with van der Waals surface area (Å²) in [7, 11) is 0. The molecule has 0 heterocycles. The van der Waals surface area contributed by atoms with Crippen LogP contribution in [0.25, 0.3) is 0 Å². The van der Waals surface area contributed by atoms with Crippen LogP contribution in [0, 0.1) is 27.9 Å². The summed E-state index contributed by atoms with van der Waals surface area (Å²) < 4.78 is 0. The summed E-state index contributed by atoms with van der Waals surface area (Å²) in [6, 6.07) is 7.67. The highest BCUT2D eigenvalue weighted by molar-refractivity contribution is 5.34. The van der Waals surface area contributed by atoms with Crippen molar-refractivity contribution in [2.24, 2.45) is 17.8 Å². The first-order valence-corrected chi connectivity index (χ1v) is 8.05. The third-order valence-corrected chi connectivity index (χ3v) is 5.55. The van der Waals surface area contributed by atoms with Gasteiger partial charge in [0.2, 0.25) is 0 Å². The number of benzene rings is 1. The van der Waals surface area contributed by atoms with Crippen molar-refractivity contribution in [2.75, 3.05) is 0 Å². The molecule has 1 aromatic carbocycles. The minimum absolute atomic E-state index is 0.159. The average Bonchev–Trinajstić information content (AvgIpc) is 3.10. The number of nitrogens with one attached hydrogen (secondary N) is 1. The quantitative estimate of drug-likeness (QED) is 0.656. The second kappa shape index (κ2) is 5.76. The molecule has 4 heteroatoms. The molecule has 1 N–H and O–H groups in total. The second-order valence-corrected chi connectivity index (χ2v) is 6.86. The topological polar surface area (TPSA) is 55.2 Å². The molecule has 2 saturated carbocycles. The molecule has 2 aliphatic rings. The van der Waals surface area contributed by atoms with Gasteiger partial charge in [-0.05, 0) is 56.4 Å². The lowest BCUT2D eigenvalue weighted by atomic mass is 9.83. The van der Waals surface area contributed by atoms with Gasteiger partial charge < -0.3 is 5.32 Å². The zero-order valence-corrected chi connectivity index (χ0v) is 12.8. The fraction of sp³-hybridized carbons (Fsp3) is 0.647. The third-order valence-electron chi connectivity index (χ3n) is 5.55. The Kier molecular flexibility index (Phi) is 3.98. The minimum Gasteiger partial charge on any atom is -0.307 e. The molecule has 5 atom stereocenters. The Morgan fingerprint density at radius 2 is 1.90 bits per heavy atom. The molecule has 2 aliphatic carbocycles. The van der Waals surface area contributed by atoms with E-state index in [1.165, 1.54) is 25.7 Å². The van der Waals surface area contributed by atoms with Crippen molar-refractivity contribution in [3.05, 3.63) is 39.9 Å². The first-order valence-electron chi connectivity index (χ1n) is 8.05. The monoisotopic (exact) mass is 288 g/mol. The standard InChI is InChI=1S/C17H24N2O2/c1-11(14-5-7-16(8-6-14)19(20)21)18-12(2)17-10-13-3-4-15(17)9-13/h5-8,11-13,15,17-18H,3-4,9-10H2,1-2H3. The van der Waals surface area contributed by atoms with Gasteiger partial charge in [0.1, 0.15) is 0 Å². The molecule has 21 heavy (non-hydrogen) atoms. The molecule has 0 radical (unpaired) electrons. The predicted octanol–water partition coefficient (Wildman–Crippen LogP) is 4.07. The first kappa shape index (κ1) is 14.5. The summed E-state index contributed by atoms with van der Waals surface area (Å²) in [6.07, 6.45) is 5.66. The van der Waals surface area contributed by atoms with Crippen LogP contribution in [0.4, 0.5) is 5.69 Å². The van der Waals surface area contributed by atoms with Crippen LogP contribution in [0.15, 0.2) is 24.3 Å². The molecule has 3 rings (SSSR count). The summed E-state index contributed by atoms with van der Waals surface area (Å²) in [4.78, 5) is 10.3. The van der Waals surface area contributed by atoms with Gasteiger partial charge in [0.25, 0.3) is 5.69 Å². The van der Waals surface area contributed by atoms with Crippen molar-refractivity contribution in [1.82, 2.24) is 5.32 Å². The van der Waals surface area contributed by atoms with Gasteiger partial charge in [-0.25, -0.2) is 0 Å². The number of nitro groups is 1. The number of non-ortho nitro benzene ring substituents is 1. The van der Waals surface area contributed by atoms with E-state index in [9.17, 15) is 10.1 Å². The smallest absolute Gasteiger partial charge is 0.269 e. The summed E-state index contributed by atoms with van der Waals surface area (Å²) >= 11 is 0. The molecule has 0 saturated heterocycles. The van der Waals surface area contributed by atoms with Crippen LogP contribution < -0.4 is 5.32 Å². The van der Waals surface area contributed by atoms with E-state index < -0.39 is 0 Å². The summed E-state index contributed by atoms with van der Waals surface area (Å²) in [6.45, 7) is 4.44. The number of hydrogen-bond acceptors (Lipinski definition) is 3. The lowest BCUT2D eigenvalue weighted by Gasteiger charge is -2.31. The Morgan fingerprint density at radius 1 is 1.19 bits per heavy atom. The molecule has 5 unspecified atom stereocenters. The largest absolute Gasteiger partial charge is 0.307 e. The highest BCUT2D eigenvalue weighted by Gasteiger charge is 2.41.